The van der Waals surface area contributed by atoms with Crippen molar-refractivity contribution in [3.8, 4) is 0 Å². The van der Waals surface area contributed by atoms with Crippen LogP contribution in [0.15, 0.2) is 48.6 Å². The highest BCUT2D eigenvalue weighted by Crippen LogP contribution is 2.11. The number of aliphatic hydroxyl groups excluding tert-OH is 1. The highest BCUT2D eigenvalue weighted by atomic mass is 16.3. The van der Waals surface area contributed by atoms with Crippen LogP contribution < -0.4 is 0 Å². The van der Waals surface area contributed by atoms with Crippen LogP contribution in [0.3, 0.4) is 0 Å². The Kier molecular flexibility index (Phi) is 4.14. The molecule has 14 heavy (non-hydrogen) atoms. The molecule has 0 saturated carbocycles. The number of hydrogen-bond donors (Lipinski definition) is 1. The molecule has 0 aliphatic heterocycles. The van der Waals surface area contributed by atoms with E-state index in [1.165, 1.54) is 0 Å². The van der Waals surface area contributed by atoms with Crippen LogP contribution in [0, 0.1) is 0 Å². The number of hydrogen-bond acceptors (Lipinski definition) is 1. The molecule has 0 aromatic heterocycles. The van der Waals surface area contributed by atoms with Crippen molar-refractivity contribution in [2.24, 2.45) is 0 Å². The van der Waals surface area contributed by atoms with Gasteiger partial charge in [0.2, 0.25) is 0 Å². The van der Waals surface area contributed by atoms with E-state index in [1.54, 1.807) is 6.08 Å². The van der Waals surface area contributed by atoms with Gasteiger partial charge in [-0.1, -0.05) is 42.5 Å². The fraction of sp³-hybridized carbons (Fsp3) is 0.231. The van der Waals surface area contributed by atoms with Crippen molar-refractivity contribution in [1.82, 2.24) is 0 Å². The lowest BCUT2D eigenvalue weighted by Gasteiger charge is -2.08. The van der Waals surface area contributed by atoms with Gasteiger partial charge in [-0.2, -0.15) is 0 Å². The first-order valence-electron chi connectivity index (χ1n) is 4.76. The number of aliphatic hydroxyl groups is 1. The van der Waals surface area contributed by atoms with Crippen molar-refractivity contribution in [3.05, 3.63) is 54.1 Å². The van der Waals surface area contributed by atoms with Crippen LogP contribution in [0.5, 0.6) is 0 Å². The molecule has 0 fully saturated rings. The Balaban J connectivity index is 2.73. The van der Waals surface area contributed by atoms with Gasteiger partial charge < -0.3 is 5.11 Å². The zero-order valence-electron chi connectivity index (χ0n) is 8.48. The first kappa shape index (κ1) is 10.7. The first-order chi connectivity index (χ1) is 6.74. The second kappa shape index (κ2) is 5.40. The summed E-state index contributed by atoms with van der Waals surface area (Å²) in [5.74, 6) is 0. The molecule has 0 aliphatic rings. The van der Waals surface area contributed by atoms with Gasteiger partial charge in [0, 0.05) is 0 Å². The molecule has 1 heteroatoms. The highest BCUT2D eigenvalue weighted by Gasteiger charge is 2.02. The summed E-state index contributed by atoms with van der Waals surface area (Å²) < 4.78 is 0. The van der Waals surface area contributed by atoms with Gasteiger partial charge in [-0.3, -0.25) is 0 Å². The average Bonchev–Trinajstić information content (AvgIpc) is 2.19. The van der Waals surface area contributed by atoms with E-state index < -0.39 is 6.10 Å². The van der Waals surface area contributed by atoms with Gasteiger partial charge in [-0.15, -0.1) is 6.58 Å². The van der Waals surface area contributed by atoms with E-state index in [0.29, 0.717) is 6.42 Å². The smallest absolute Gasteiger partial charge is 0.0784 e. The van der Waals surface area contributed by atoms with Gasteiger partial charge in [0.05, 0.1) is 6.10 Å². The van der Waals surface area contributed by atoms with Gasteiger partial charge in [-0.05, 0) is 24.5 Å². The largest absolute Gasteiger partial charge is 0.388 e. The SMILES string of the molecule is C=CCC(O)C(C)=Cc1ccccc1. The minimum Gasteiger partial charge on any atom is -0.388 e. The third-order valence-corrected chi connectivity index (χ3v) is 2.11. The van der Waals surface area contributed by atoms with E-state index >= 15 is 0 Å². The summed E-state index contributed by atoms with van der Waals surface area (Å²) in [6.07, 6.45) is 3.92. The lowest BCUT2D eigenvalue weighted by Crippen LogP contribution is -2.05. The molecule has 0 spiro atoms. The van der Waals surface area contributed by atoms with E-state index in [4.69, 9.17) is 0 Å². The fourth-order valence-electron chi connectivity index (χ4n) is 1.25. The molecule has 0 heterocycles. The predicted octanol–water partition coefficient (Wildman–Crippen LogP) is 3.03. The van der Waals surface area contributed by atoms with E-state index in [-0.39, 0.29) is 0 Å². The third kappa shape index (κ3) is 3.19. The van der Waals surface area contributed by atoms with E-state index in [0.717, 1.165) is 11.1 Å². The molecule has 1 nitrogen and oxygen atoms in total. The van der Waals surface area contributed by atoms with Crippen molar-refractivity contribution in [1.29, 1.82) is 0 Å². The van der Waals surface area contributed by atoms with Crippen LogP contribution in [-0.2, 0) is 0 Å². The van der Waals surface area contributed by atoms with Crippen LogP contribution in [0.1, 0.15) is 18.9 Å². The molecule has 0 radical (unpaired) electrons. The Morgan fingerprint density at radius 2 is 2.07 bits per heavy atom. The van der Waals surface area contributed by atoms with E-state index in [1.807, 2.05) is 43.3 Å². The highest BCUT2D eigenvalue weighted by molar-refractivity contribution is 5.52. The summed E-state index contributed by atoms with van der Waals surface area (Å²) in [4.78, 5) is 0. The average molecular weight is 188 g/mol. The normalized spacial score (nSPS) is 13.7. The minimum absolute atomic E-state index is 0.410. The summed E-state index contributed by atoms with van der Waals surface area (Å²) in [7, 11) is 0. The molecule has 0 aliphatic carbocycles. The van der Waals surface area contributed by atoms with Gasteiger partial charge in [0.1, 0.15) is 0 Å². The van der Waals surface area contributed by atoms with Gasteiger partial charge in [-0.25, -0.2) is 0 Å². The molecule has 0 bridgehead atoms. The minimum atomic E-state index is -0.410. The number of rotatable bonds is 4. The maximum Gasteiger partial charge on any atom is 0.0784 e. The first-order valence-corrected chi connectivity index (χ1v) is 4.76. The van der Waals surface area contributed by atoms with Gasteiger partial charge in [0.15, 0.2) is 0 Å². The lowest BCUT2D eigenvalue weighted by molar-refractivity contribution is 0.215. The van der Waals surface area contributed by atoms with Crippen LogP contribution in [0.25, 0.3) is 6.08 Å². The van der Waals surface area contributed by atoms with Crippen molar-refractivity contribution < 1.29 is 5.11 Å². The Hall–Kier alpha value is -1.34. The summed E-state index contributed by atoms with van der Waals surface area (Å²) in [5, 5.41) is 9.64. The van der Waals surface area contributed by atoms with Gasteiger partial charge in [0.25, 0.3) is 0 Å². The molecule has 1 N–H and O–H groups in total. The van der Waals surface area contributed by atoms with Gasteiger partial charge >= 0.3 is 0 Å². The summed E-state index contributed by atoms with van der Waals surface area (Å²) in [5.41, 5.74) is 2.09. The molecule has 1 unspecified atom stereocenters. The molecule has 0 amide bonds. The Morgan fingerprint density at radius 3 is 2.64 bits per heavy atom. The quantitative estimate of drug-likeness (QED) is 0.720. The second-order valence-corrected chi connectivity index (χ2v) is 3.34. The van der Waals surface area contributed by atoms with Crippen LogP contribution >= 0.6 is 0 Å². The topological polar surface area (TPSA) is 20.2 Å². The maximum absolute atomic E-state index is 9.64. The van der Waals surface area contributed by atoms with Crippen molar-refractivity contribution in [2.45, 2.75) is 19.4 Å². The standard InChI is InChI=1S/C13H16O/c1-3-7-13(14)11(2)10-12-8-5-4-6-9-12/h3-6,8-10,13-14H,1,7H2,2H3. The molecule has 1 rings (SSSR count). The van der Waals surface area contributed by atoms with Crippen molar-refractivity contribution >= 4 is 6.08 Å². The Morgan fingerprint density at radius 1 is 1.43 bits per heavy atom. The molecule has 0 saturated heterocycles. The molecule has 1 aromatic carbocycles. The maximum atomic E-state index is 9.64. The van der Waals surface area contributed by atoms with E-state index in [9.17, 15) is 5.11 Å². The molecule has 1 atom stereocenters. The zero-order valence-corrected chi connectivity index (χ0v) is 8.48. The fourth-order valence-corrected chi connectivity index (χ4v) is 1.25. The van der Waals surface area contributed by atoms with Crippen LogP contribution in [-0.4, -0.2) is 11.2 Å². The number of benzene rings is 1. The Labute approximate surface area is 85.4 Å². The van der Waals surface area contributed by atoms with Crippen LogP contribution in [0.4, 0.5) is 0 Å². The molecule has 74 valence electrons. The molecule has 1 aromatic rings. The molecular formula is C13H16O. The van der Waals surface area contributed by atoms with Crippen molar-refractivity contribution in [2.75, 3.05) is 0 Å². The zero-order chi connectivity index (χ0) is 10.4. The molecular weight excluding hydrogens is 172 g/mol. The summed E-state index contributed by atoms with van der Waals surface area (Å²) in [6, 6.07) is 9.99. The summed E-state index contributed by atoms with van der Waals surface area (Å²) >= 11 is 0. The van der Waals surface area contributed by atoms with E-state index in [2.05, 4.69) is 6.58 Å². The Bertz CT molecular complexity index is 311. The van der Waals surface area contributed by atoms with Crippen molar-refractivity contribution in [3.63, 3.8) is 0 Å². The second-order valence-electron chi connectivity index (χ2n) is 3.34. The lowest BCUT2D eigenvalue weighted by atomic mass is 10.1. The predicted molar refractivity (Wildman–Crippen MR) is 60.9 cm³/mol. The van der Waals surface area contributed by atoms with Crippen LogP contribution in [0.2, 0.25) is 0 Å². The third-order valence-electron chi connectivity index (χ3n) is 2.11. The summed E-state index contributed by atoms with van der Waals surface area (Å²) in [6.45, 7) is 5.53. The monoisotopic (exact) mass is 188 g/mol.